The molecule has 1 saturated heterocycles. The number of hydrogen-bond acceptors (Lipinski definition) is 4. The Labute approximate surface area is 153 Å². The van der Waals surface area contributed by atoms with Gasteiger partial charge in [0.2, 0.25) is 0 Å². The highest BCUT2D eigenvalue weighted by molar-refractivity contribution is 5.89. The molecule has 0 spiro atoms. The number of alkyl carbamates (subject to hydrolysis) is 1. The molecule has 3 rings (SSSR count). The maximum atomic E-state index is 12.2. The van der Waals surface area contributed by atoms with Crippen LogP contribution < -0.4 is 5.32 Å². The van der Waals surface area contributed by atoms with Gasteiger partial charge in [-0.3, -0.25) is 4.79 Å². The fourth-order valence-electron chi connectivity index (χ4n) is 3.38. The van der Waals surface area contributed by atoms with Gasteiger partial charge < -0.3 is 19.8 Å². The van der Waals surface area contributed by atoms with Crippen molar-refractivity contribution in [2.45, 2.75) is 58.2 Å². The Morgan fingerprint density at radius 2 is 2.08 bits per heavy atom. The maximum Gasteiger partial charge on any atom is 0.407 e. The monoisotopic (exact) mass is 358 g/mol. The first kappa shape index (κ1) is 18.3. The Hall–Kier alpha value is -2.50. The number of aromatic amines is 1. The third-order valence-corrected chi connectivity index (χ3v) is 4.41. The third kappa shape index (κ3) is 4.00. The molecule has 0 saturated carbocycles. The summed E-state index contributed by atoms with van der Waals surface area (Å²) in [6.45, 7) is 7.83. The second-order valence-electron chi connectivity index (χ2n) is 7.78. The highest BCUT2D eigenvalue weighted by atomic mass is 16.6. The molecular weight excluding hydrogens is 332 g/mol. The molecule has 0 aliphatic carbocycles. The van der Waals surface area contributed by atoms with Crippen LogP contribution in [-0.4, -0.2) is 35.3 Å². The van der Waals surface area contributed by atoms with Crippen molar-refractivity contribution < 1.29 is 19.1 Å². The number of H-pyrrole nitrogens is 1. The number of carbonyl (C=O) groups is 2. The van der Waals surface area contributed by atoms with E-state index in [4.69, 9.17) is 9.47 Å². The number of esters is 1. The summed E-state index contributed by atoms with van der Waals surface area (Å²) in [6, 6.07) is 7.95. The van der Waals surface area contributed by atoms with Crippen molar-refractivity contribution in [1.82, 2.24) is 10.3 Å². The molecule has 1 aliphatic rings. The number of benzene rings is 1. The summed E-state index contributed by atoms with van der Waals surface area (Å²) in [6.07, 6.45) is 0.758. The molecule has 0 bridgehead atoms. The predicted molar refractivity (Wildman–Crippen MR) is 99.2 cm³/mol. The average Bonchev–Trinajstić information content (AvgIpc) is 3.05. The van der Waals surface area contributed by atoms with E-state index in [2.05, 4.69) is 10.3 Å². The van der Waals surface area contributed by atoms with Gasteiger partial charge in [0.25, 0.3) is 0 Å². The Kier molecular flexibility index (Phi) is 4.94. The Balaban J connectivity index is 1.79. The molecule has 2 N–H and O–H groups in total. The highest BCUT2D eigenvalue weighted by Gasteiger charge is 2.36. The number of fused-ring (bicyclic) bond motifs is 1. The highest BCUT2D eigenvalue weighted by Crippen LogP contribution is 2.35. The van der Waals surface area contributed by atoms with Crippen LogP contribution >= 0.6 is 0 Å². The quantitative estimate of drug-likeness (QED) is 0.818. The minimum Gasteiger partial charge on any atom is -0.462 e. The molecule has 140 valence electrons. The van der Waals surface area contributed by atoms with Gasteiger partial charge in [0.1, 0.15) is 17.6 Å². The van der Waals surface area contributed by atoms with E-state index in [1.807, 2.05) is 52.0 Å². The lowest BCUT2D eigenvalue weighted by molar-refractivity contribution is -0.142. The van der Waals surface area contributed by atoms with Crippen molar-refractivity contribution in [2.24, 2.45) is 0 Å². The van der Waals surface area contributed by atoms with Crippen molar-refractivity contribution in [2.75, 3.05) is 6.54 Å². The van der Waals surface area contributed by atoms with Crippen molar-refractivity contribution in [3.05, 3.63) is 35.5 Å². The lowest BCUT2D eigenvalue weighted by atomic mass is 9.95. The zero-order valence-electron chi connectivity index (χ0n) is 15.7. The number of para-hydroxylation sites is 1. The largest absolute Gasteiger partial charge is 0.462 e. The van der Waals surface area contributed by atoms with E-state index < -0.39 is 11.7 Å². The number of nitrogens with one attached hydrogen (secondary N) is 2. The predicted octanol–water partition coefficient (Wildman–Crippen LogP) is 3.65. The normalized spacial score (nSPS) is 20.2. The van der Waals surface area contributed by atoms with E-state index in [0.717, 1.165) is 22.2 Å². The molecule has 1 amide bonds. The van der Waals surface area contributed by atoms with Crippen LogP contribution in [0.3, 0.4) is 0 Å². The summed E-state index contributed by atoms with van der Waals surface area (Å²) in [4.78, 5) is 27.5. The standard InChI is InChI=1S/C20H26N2O4/c1-12-11-15(18(23)25-12)17-14(13-7-5-6-8-16(13)22-17)9-10-21-19(24)26-20(2,3)4/h5-8,12,15,22H,9-11H2,1-4H3,(H,21,24). The van der Waals surface area contributed by atoms with Gasteiger partial charge in [0.05, 0.1) is 0 Å². The Bertz CT molecular complexity index is 819. The number of hydrogen-bond donors (Lipinski definition) is 2. The lowest BCUT2D eigenvalue weighted by Gasteiger charge is -2.19. The van der Waals surface area contributed by atoms with Gasteiger partial charge >= 0.3 is 12.1 Å². The number of carbonyl (C=O) groups excluding carboxylic acids is 2. The number of aromatic nitrogens is 1. The first-order valence-electron chi connectivity index (χ1n) is 9.01. The Morgan fingerprint density at radius 3 is 2.73 bits per heavy atom. The summed E-state index contributed by atoms with van der Waals surface area (Å²) in [7, 11) is 0. The summed E-state index contributed by atoms with van der Waals surface area (Å²) in [5, 5.41) is 3.86. The van der Waals surface area contributed by atoms with Crippen LogP contribution in [0.1, 0.15) is 51.3 Å². The minimum atomic E-state index is -0.528. The molecule has 2 aromatic rings. The second kappa shape index (κ2) is 7.02. The number of rotatable bonds is 4. The number of amides is 1. The van der Waals surface area contributed by atoms with Crippen molar-refractivity contribution >= 4 is 23.0 Å². The summed E-state index contributed by atoms with van der Waals surface area (Å²) >= 11 is 0. The smallest absolute Gasteiger partial charge is 0.407 e. The molecule has 1 aromatic heterocycles. The Morgan fingerprint density at radius 1 is 1.35 bits per heavy atom. The van der Waals surface area contributed by atoms with Crippen LogP contribution in [-0.2, 0) is 20.7 Å². The maximum absolute atomic E-state index is 12.2. The van der Waals surface area contributed by atoms with E-state index in [1.165, 1.54) is 0 Å². The first-order chi connectivity index (χ1) is 12.2. The van der Waals surface area contributed by atoms with Crippen LogP contribution in [0.2, 0.25) is 0 Å². The number of ether oxygens (including phenoxy) is 2. The summed E-state index contributed by atoms with van der Waals surface area (Å²) in [5.41, 5.74) is 2.40. The van der Waals surface area contributed by atoms with Gasteiger partial charge in [-0.1, -0.05) is 18.2 Å². The van der Waals surface area contributed by atoms with E-state index in [0.29, 0.717) is 19.4 Å². The minimum absolute atomic E-state index is 0.0772. The van der Waals surface area contributed by atoms with Gasteiger partial charge in [0.15, 0.2) is 0 Å². The van der Waals surface area contributed by atoms with Crippen molar-refractivity contribution in [1.29, 1.82) is 0 Å². The molecule has 2 unspecified atom stereocenters. The molecular formula is C20H26N2O4. The lowest BCUT2D eigenvalue weighted by Crippen LogP contribution is -2.33. The summed E-state index contributed by atoms with van der Waals surface area (Å²) in [5.74, 6) is -0.473. The fraction of sp³-hybridized carbons (Fsp3) is 0.500. The zero-order valence-corrected chi connectivity index (χ0v) is 15.7. The molecule has 1 aromatic carbocycles. The van der Waals surface area contributed by atoms with Crippen molar-refractivity contribution in [3.8, 4) is 0 Å². The molecule has 1 aliphatic heterocycles. The van der Waals surface area contributed by atoms with Crippen LogP contribution in [0.4, 0.5) is 4.79 Å². The molecule has 6 heteroatoms. The molecule has 1 fully saturated rings. The van der Waals surface area contributed by atoms with Crippen molar-refractivity contribution in [3.63, 3.8) is 0 Å². The number of cyclic esters (lactones) is 1. The second-order valence-corrected chi connectivity index (χ2v) is 7.78. The molecule has 2 heterocycles. The van der Waals surface area contributed by atoms with E-state index in [9.17, 15) is 9.59 Å². The van der Waals surface area contributed by atoms with Gasteiger partial charge in [-0.15, -0.1) is 0 Å². The molecule has 26 heavy (non-hydrogen) atoms. The SMILES string of the molecule is CC1CC(c2[nH]c3ccccc3c2CCNC(=O)OC(C)(C)C)C(=O)O1. The van der Waals surface area contributed by atoms with Crippen LogP contribution in [0.15, 0.2) is 24.3 Å². The van der Waals surface area contributed by atoms with Crippen LogP contribution in [0, 0.1) is 0 Å². The van der Waals surface area contributed by atoms with Gasteiger partial charge in [0, 0.05) is 29.6 Å². The van der Waals surface area contributed by atoms with Crippen LogP contribution in [0.5, 0.6) is 0 Å². The average molecular weight is 358 g/mol. The molecule has 0 radical (unpaired) electrons. The molecule has 6 nitrogen and oxygen atoms in total. The topological polar surface area (TPSA) is 80.4 Å². The van der Waals surface area contributed by atoms with E-state index in [1.54, 1.807) is 0 Å². The zero-order chi connectivity index (χ0) is 18.9. The van der Waals surface area contributed by atoms with Crippen LogP contribution in [0.25, 0.3) is 10.9 Å². The fourth-order valence-corrected chi connectivity index (χ4v) is 3.38. The van der Waals surface area contributed by atoms with Gasteiger partial charge in [-0.2, -0.15) is 0 Å². The molecule has 2 atom stereocenters. The van der Waals surface area contributed by atoms with E-state index >= 15 is 0 Å². The first-order valence-corrected chi connectivity index (χ1v) is 9.01. The van der Waals surface area contributed by atoms with Gasteiger partial charge in [-0.05, 0) is 45.7 Å². The third-order valence-electron chi connectivity index (χ3n) is 4.41. The van der Waals surface area contributed by atoms with E-state index in [-0.39, 0.29) is 18.0 Å². The summed E-state index contributed by atoms with van der Waals surface area (Å²) < 4.78 is 10.6. The van der Waals surface area contributed by atoms with Gasteiger partial charge in [-0.25, -0.2) is 4.79 Å².